The maximum absolute atomic E-state index is 12.3. The van der Waals surface area contributed by atoms with E-state index in [2.05, 4.69) is 20.0 Å². The smallest absolute Gasteiger partial charge is 0.263 e. The molecule has 128 valence electrons. The Morgan fingerprint density at radius 3 is 2.56 bits per heavy atom. The number of anilines is 2. The number of benzene rings is 1. The first kappa shape index (κ1) is 17.2. The standard InChI is InChI=1S/C17H15ClN4O2S/c18-13-4-3-6-16(10-13)25(23,24)22-17-8-7-15(12-21-17)20-11-14-5-1-2-9-19-14/h1-10,12,20H,11H2,(H,21,22). The van der Waals surface area contributed by atoms with E-state index in [0.29, 0.717) is 11.6 Å². The van der Waals surface area contributed by atoms with Crippen LogP contribution in [-0.2, 0) is 16.6 Å². The Bertz CT molecular complexity index is 948. The van der Waals surface area contributed by atoms with Gasteiger partial charge in [-0.1, -0.05) is 23.7 Å². The van der Waals surface area contributed by atoms with E-state index in [4.69, 9.17) is 11.6 Å². The molecule has 2 heterocycles. The van der Waals surface area contributed by atoms with Crippen LogP contribution in [0.1, 0.15) is 5.69 Å². The molecule has 2 aromatic heterocycles. The fourth-order valence-electron chi connectivity index (χ4n) is 2.08. The fourth-order valence-corrected chi connectivity index (χ4v) is 3.39. The predicted octanol–water partition coefficient (Wildman–Crippen LogP) is 3.54. The van der Waals surface area contributed by atoms with E-state index < -0.39 is 10.0 Å². The molecule has 0 saturated heterocycles. The van der Waals surface area contributed by atoms with Crippen molar-refractivity contribution in [3.63, 3.8) is 0 Å². The van der Waals surface area contributed by atoms with E-state index in [-0.39, 0.29) is 10.7 Å². The number of rotatable bonds is 6. The Hall–Kier alpha value is -2.64. The van der Waals surface area contributed by atoms with Crippen molar-refractivity contribution in [2.24, 2.45) is 0 Å². The summed E-state index contributed by atoms with van der Waals surface area (Å²) in [7, 11) is -3.73. The van der Waals surface area contributed by atoms with E-state index >= 15 is 0 Å². The molecule has 8 heteroatoms. The van der Waals surface area contributed by atoms with Crippen molar-refractivity contribution in [3.8, 4) is 0 Å². The van der Waals surface area contributed by atoms with Gasteiger partial charge in [0, 0.05) is 11.2 Å². The first-order chi connectivity index (χ1) is 12.0. The largest absolute Gasteiger partial charge is 0.378 e. The van der Waals surface area contributed by atoms with Crippen LogP contribution in [0, 0.1) is 0 Å². The van der Waals surface area contributed by atoms with E-state index in [1.54, 1.807) is 36.7 Å². The van der Waals surface area contributed by atoms with Crippen LogP contribution in [0.15, 0.2) is 71.9 Å². The molecule has 0 bridgehead atoms. The zero-order chi connectivity index (χ0) is 17.7. The van der Waals surface area contributed by atoms with Gasteiger partial charge >= 0.3 is 0 Å². The molecule has 0 radical (unpaired) electrons. The first-order valence-electron chi connectivity index (χ1n) is 7.41. The van der Waals surface area contributed by atoms with Crippen molar-refractivity contribution in [1.29, 1.82) is 0 Å². The average molecular weight is 375 g/mol. The van der Waals surface area contributed by atoms with Gasteiger partial charge in [0.25, 0.3) is 10.0 Å². The molecule has 25 heavy (non-hydrogen) atoms. The highest BCUT2D eigenvalue weighted by Crippen LogP contribution is 2.19. The molecule has 0 atom stereocenters. The van der Waals surface area contributed by atoms with Crippen LogP contribution in [-0.4, -0.2) is 18.4 Å². The van der Waals surface area contributed by atoms with Gasteiger partial charge in [0.2, 0.25) is 0 Å². The Balaban J connectivity index is 1.66. The van der Waals surface area contributed by atoms with Crippen molar-refractivity contribution in [2.75, 3.05) is 10.0 Å². The maximum Gasteiger partial charge on any atom is 0.263 e. The van der Waals surface area contributed by atoms with E-state index in [1.165, 1.54) is 12.1 Å². The topological polar surface area (TPSA) is 84.0 Å². The van der Waals surface area contributed by atoms with Crippen molar-refractivity contribution >= 4 is 33.1 Å². The SMILES string of the molecule is O=S(=O)(Nc1ccc(NCc2ccccn2)cn1)c1cccc(Cl)c1. The summed E-state index contributed by atoms with van der Waals surface area (Å²) in [5.41, 5.74) is 1.66. The molecule has 0 unspecified atom stereocenters. The van der Waals surface area contributed by atoms with Crippen LogP contribution < -0.4 is 10.0 Å². The minimum atomic E-state index is -3.73. The predicted molar refractivity (Wildman–Crippen MR) is 98.1 cm³/mol. The van der Waals surface area contributed by atoms with Crippen molar-refractivity contribution in [2.45, 2.75) is 11.4 Å². The second kappa shape index (κ2) is 7.50. The summed E-state index contributed by atoms with van der Waals surface area (Å²) in [5, 5.41) is 3.52. The third kappa shape index (κ3) is 4.68. The summed E-state index contributed by atoms with van der Waals surface area (Å²) in [6.45, 7) is 0.552. The van der Waals surface area contributed by atoms with E-state index in [1.807, 2.05) is 18.2 Å². The molecular weight excluding hydrogens is 360 g/mol. The zero-order valence-electron chi connectivity index (χ0n) is 13.1. The van der Waals surface area contributed by atoms with Gasteiger partial charge in [-0.3, -0.25) is 9.71 Å². The molecule has 3 aromatic rings. The highest BCUT2D eigenvalue weighted by atomic mass is 35.5. The van der Waals surface area contributed by atoms with Gasteiger partial charge in [-0.05, 0) is 42.5 Å². The van der Waals surface area contributed by atoms with Gasteiger partial charge in [-0.25, -0.2) is 13.4 Å². The van der Waals surface area contributed by atoms with Gasteiger partial charge in [0.05, 0.1) is 29.0 Å². The summed E-state index contributed by atoms with van der Waals surface area (Å²) in [4.78, 5) is 8.42. The number of aromatic nitrogens is 2. The third-order valence-electron chi connectivity index (χ3n) is 3.31. The van der Waals surface area contributed by atoms with E-state index in [9.17, 15) is 8.42 Å². The lowest BCUT2D eigenvalue weighted by Crippen LogP contribution is -2.14. The van der Waals surface area contributed by atoms with Gasteiger partial charge in [-0.2, -0.15) is 0 Å². The zero-order valence-corrected chi connectivity index (χ0v) is 14.6. The van der Waals surface area contributed by atoms with Crippen LogP contribution in [0.2, 0.25) is 5.02 Å². The fraction of sp³-hybridized carbons (Fsp3) is 0.0588. The molecule has 0 aliphatic rings. The molecule has 0 aliphatic carbocycles. The summed E-state index contributed by atoms with van der Waals surface area (Å²) in [6.07, 6.45) is 3.28. The van der Waals surface area contributed by atoms with Crippen molar-refractivity contribution < 1.29 is 8.42 Å². The minimum absolute atomic E-state index is 0.0825. The molecular formula is C17H15ClN4O2S. The van der Waals surface area contributed by atoms with Gasteiger partial charge in [0.15, 0.2) is 0 Å². The number of pyridine rings is 2. The molecule has 3 rings (SSSR count). The van der Waals surface area contributed by atoms with E-state index in [0.717, 1.165) is 11.4 Å². The normalized spacial score (nSPS) is 11.1. The lowest BCUT2D eigenvalue weighted by molar-refractivity contribution is 0.601. The van der Waals surface area contributed by atoms with Crippen molar-refractivity contribution in [3.05, 3.63) is 77.7 Å². The number of halogens is 1. The van der Waals surface area contributed by atoms with Gasteiger partial charge < -0.3 is 5.32 Å². The number of sulfonamides is 1. The quantitative estimate of drug-likeness (QED) is 0.689. The Morgan fingerprint density at radius 1 is 1.00 bits per heavy atom. The average Bonchev–Trinajstić information content (AvgIpc) is 2.62. The molecule has 0 amide bonds. The molecule has 0 spiro atoms. The summed E-state index contributed by atoms with van der Waals surface area (Å²) < 4.78 is 27.1. The van der Waals surface area contributed by atoms with Gasteiger partial charge in [-0.15, -0.1) is 0 Å². The Labute approximate surface area is 151 Å². The number of nitrogens with one attached hydrogen (secondary N) is 2. The van der Waals surface area contributed by atoms with Gasteiger partial charge in [0.1, 0.15) is 5.82 Å². The summed E-state index contributed by atoms with van der Waals surface area (Å²) in [5.74, 6) is 0.225. The highest BCUT2D eigenvalue weighted by molar-refractivity contribution is 7.92. The number of nitrogens with zero attached hydrogens (tertiary/aromatic N) is 2. The Morgan fingerprint density at radius 2 is 1.88 bits per heavy atom. The van der Waals surface area contributed by atoms with Crippen LogP contribution in [0.3, 0.4) is 0 Å². The second-order valence-electron chi connectivity index (χ2n) is 5.17. The molecule has 2 N–H and O–H groups in total. The first-order valence-corrected chi connectivity index (χ1v) is 9.27. The van der Waals surface area contributed by atoms with Crippen LogP contribution in [0.5, 0.6) is 0 Å². The molecule has 0 saturated carbocycles. The summed E-state index contributed by atoms with van der Waals surface area (Å²) in [6, 6.07) is 15.0. The monoisotopic (exact) mass is 374 g/mol. The highest BCUT2D eigenvalue weighted by Gasteiger charge is 2.15. The summed E-state index contributed by atoms with van der Waals surface area (Å²) >= 11 is 5.84. The number of hydrogen-bond acceptors (Lipinski definition) is 5. The second-order valence-corrected chi connectivity index (χ2v) is 7.29. The third-order valence-corrected chi connectivity index (χ3v) is 4.90. The lowest BCUT2D eigenvalue weighted by Gasteiger charge is -2.09. The van der Waals surface area contributed by atoms with Crippen LogP contribution in [0.25, 0.3) is 0 Å². The minimum Gasteiger partial charge on any atom is -0.378 e. The lowest BCUT2D eigenvalue weighted by atomic mass is 10.3. The molecule has 0 aliphatic heterocycles. The number of hydrogen-bond donors (Lipinski definition) is 2. The van der Waals surface area contributed by atoms with Crippen LogP contribution in [0.4, 0.5) is 11.5 Å². The maximum atomic E-state index is 12.3. The van der Waals surface area contributed by atoms with Crippen molar-refractivity contribution in [1.82, 2.24) is 9.97 Å². The Kier molecular flexibility index (Phi) is 5.16. The molecule has 1 aromatic carbocycles. The molecule has 6 nitrogen and oxygen atoms in total. The molecule has 0 fully saturated rings. The van der Waals surface area contributed by atoms with Crippen LogP contribution >= 0.6 is 11.6 Å².